The van der Waals surface area contributed by atoms with Crippen LogP contribution in [-0.2, 0) is 11.3 Å². The maximum Gasteiger partial charge on any atom is 0.224 e. The number of nitrogens with one attached hydrogen (secondary N) is 1. The summed E-state index contributed by atoms with van der Waals surface area (Å²) in [6, 6.07) is 0. The Morgan fingerprint density at radius 2 is 1.88 bits per heavy atom. The second kappa shape index (κ2) is 9.64. The minimum absolute atomic E-state index is 0. The van der Waals surface area contributed by atoms with Crippen LogP contribution in [0.2, 0.25) is 0 Å². The molecule has 1 aromatic heterocycles. The summed E-state index contributed by atoms with van der Waals surface area (Å²) in [6.45, 7) is 9.17. The van der Waals surface area contributed by atoms with Crippen LogP contribution in [0.5, 0.6) is 0 Å². The van der Waals surface area contributed by atoms with Crippen molar-refractivity contribution in [3.05, 3.63) is 18.2 Å². The number of hydrogen-bond donors (Lipinski definition) is 1. The molecule has 0 saturated carbocycles. The molecular weight excluding hydrogens is 347 g/mol. The van der Waals surface area contributed by atoms with E-state index in [4.69, 9.17) is 0 Å². The van der Waals surface area contributed by atoms with E-state index in [1.54, 1.807) is 0 Å². The van der Waals surface area contributed by atoms with E-state index in [1.165, 1.54) is 0 Å². The van der Waals surface area contributed by atoms with Crippen LogP contribution in [0, 0.1) is 11.8 Å². The summed E-state index contributed by atoms with van der Waals surface area (Å²) in [5.74, 6) is 3.33. The molecule has 0 unspecified atom stereocenters. The zero-order valence-electron chi connectivity index (χ0n) is 14.6. The lowest BCUT2D eigenvalue weighted by atomic mass is 9.92. The van der Waals surface area contributed by atoms with Gasteiger partial charge in [-0.1, -0.05) is 13.8 Å². The minimum Gasteiger partial charge on any atom is -0.343 e. The highest BCUT2D eigenvalue weighted by atomic mass is 35.5. The number of hydrogen-bond acceptors (Lipinski definition) is 3. The molecule has 3 heterocycles. The number of amides is 1. The fraction of sp³-hybridized carbons (Fsp3) is 0.765. The SMILES string of the molecule is CC(C)c1nccn1CCC(=O)N1CC[C@@H]2CNC[C@@H]2CC1.Cl.Cl. The molecule has 1 amide bonds. The fourth-order valence-electron chi connectivity index (χ4n) is 3.85. The van der Waals surface area contributed by atoms with E-state index < -0.39 is 0 Å². The van der Waals surface area contributed by atoms with Crippen LogP contribution in [0.25, 0.3) is 0 Å². The second-order valence-electron chi connectivity index (χ2n) is 7.02. The average molecular weight is 377 g/mol. The number of carbonyl (C=O) groups excluding carboxylic acids is 1. The van der Waals surface area contributed by atoms with Crippen molar-refractivity contribution in [2.45, 2.75) is 45.6 Å². The molecule has 2 aliphatic rings. The summed E-state index contributed by atoms with van der Waals surface area (Å²) in [6.07, 6.45) is 6.72. The lowest BCUT2D eigenvalue weighted by Crippen LogP contribution is -2.33. The maximum absolute atomic E-state index is 12.5. The number of aromatic nitrogens is 2. The van der Waals surface area contributed by atoms with E-state index in [-0.39, 0.29) is 24.8 Å². The average Bonchev–Trinajstić information content (AvgIpc) is 3.10. The first kappa shape index (κ1) is 21.3. The minimum atomic E-state index is 0. The van der Waals surface area contributed by atoms with E-state index in [0.717, 1.165) is 63.2 Å². The Kier molecular flexibility index (Phi) is 8.54. The van der Waals surface area contributed by atoms with Gasteiger partial charge < -0.3 is 14.8 Å². The van der Waals surface area contributed by atoms with Crippen molar-refractivity contribution >= 4 is 30.7 Å². The van der Waals surface area contributed by atoms with Crippen LogP contribution in [0.15, 0.2) is 12.4 Å². The first-order valence-corrected chi connectivity index (χ1v) is 8.64. The van der Waals surface area contributed by atoms with Gasteiger partial charge in [0.1, 0.15) is 5.82 Å². The predicted octanol–water partition coefficient (Wildman–Crippen LogP) is 2.70. The number of aryl methyl sites for hydroxylation is 1. The Balaban J connectivity index is 0.00000144. The number of nitrogens with zero attached hydrogens (tertiary/aromatic N) is 3. The monoisotopic (exact) mass is 376 g/mol. The number of rotatable bonds is 4. The van der Waals surface area contributed by atoms with Gasteiger partial charge in [0.05, 0.1) is 0 Å². The molecule has 0 bridgehead atoms. The van der Waals surface area contributed by atoms with Crippen LogP contribution in [0.1, 0.15) is 44.9 Å². The van der Waals surface area contributed by atoms with Gasteiger partial charge in [0.15, 0.2) is 0 Å². The number of likely N-dealkylation sites (tertiary alicyclic amines) is 1. The Morgan fingerprint density at radius 1 is 1.25 bits per heavy atom. The van der Waals surface area contributed by atoms with Gasteiger partial charge in [0.2, 0.25) is 5.91 Å². The third kappa shape index (κ3) is 4.87. The molecular formula is C17H30Cl2N4O. The molecule has 0 spiro atoms. The van der Waals surface area contributed by atoms with Crippen LogP contribution in [0.3, 0.4) is 0 Å². The fourth-order valence-corrected chi connectivity index (χ4v) is 3.85. The first-order valence-electron chi connectivity index (χ1n) is 8.64. The van der Waals surface area contributed by atoms with Crippen molar-refractivity contribution in [1.29, 1.82) is 0 Å². The molecule has 24 heavy (non-hydrogen) atoms. The summed E-state index contributed by atoms with van der Waals surface area (Å²) < 4.78 is 2.12. The summed E-state index contributed by atoms with van der Waals surface area (Å²) >= 11 is 0. The van der Waals surface area contributed by atoms with E-state index >= 15 is 0 Å². The van der Waals surface area contributed by atoms with Gasteiger partial charge in [-0.25, -0.2) is 4.98 Å². The molecule has 1 N–H and O–H groups in total. The van der Waals surface area contributed by atoms with Gasteiger partial charge in [0, 0.05) is 44.4 Å². The zero-order chi connectivity index (χ0) is 15.5. The van der Waals surface area contributed by atoms with Crippen molar-refractivity contribution in [2.75, 3.05) is 26.2 Å². The molecule has 0 radical (unpaired) electrons. The summed E-state index contributed by atoms with van der Waals surface area (Å²) in [7, 11) is 0. The third-order valence-electron chi connectivity index (χ3n) is 5.20. The normalized spacial score (nSPS) is 23.2. The Hall–Kier alpha value is -0.780. The molecule has 0 aromatic carbocycles. The molecule has 2 fully saturated rings. The van der Waals surface area contributed by atoms with E-state index in [1.807, 2.05) is 12.4 Å². The Morgan fingerprint density at radius 3 is 2.46 bits per heavy atom. The molecule has 5 nitrogen and oxygen atoms in total. The lowest BCUT2D eigenvalue weighted by molar-refractivity contribution is -0.131. The molecule has 2 atom stereocenters. The van der Waals surface area contributed by atoms with Gasteiger partial charge in [-0.2, -0.15) is 0 Å². The molecule has 0 aliphatic carbocycles. The highest BCUT2D eigenvalue weighted by molar-refractivity contribution is 5.85. The van der Waals surface area contributed by atoms with Crippen LogP contribution in [0.4, 0.5) is 0 Å². The van der Waals surface area contributed by atoms with E-state index in [2.05, 4.69) is 33.6 Å². The summed E-state index contributed by atoms with van der Waals surface area (Å²) in [4.78, 5) is 19.0. The molecule has 2 saturated heterocycles. The van der Waals surface area contributed by atoms with Gasteiger partial charge in [-0.15, -0.1) is 24.8 Å². The van der Waals surface area contributed by atoms with Gasteiger partial charge in [-0.05, 0) is 37.8 Å². The van der Waals surface area contributed by atoms with E-state index in [0.29, 0.717) is 18.2 Å². The standard InChI is InChI=1S/C17H28N4O.2ClH/c1-13(2)17-19-6-10-21(17)9-5-16(22)20-7-3-14-11-18-12-15(14)4-8-20;;/h6,10,13-15,18H,3-5,7-9,11-12H2,1-2H3;2*1H/t14-,15+;;. The summed E-state index contributed by atoms with van der Waals surface area (Å²) in [5, 5.41) is 3.48. The highest BCUT2D eigenvalue weighted by Crippen LogP contribution is 2.27. The highest BCUT2D eigenvalue weighted by Gasteiger charge is 2.31. The Bertz CT molecular complexity index is 506. The molecule has 2 aliphatic heterocycles. The second-order valence-corrected chi connectivity index (χ2v) is 7.02. The van der Waals surface area contributed by atoms with Crippen molar-refractivity contribution in [3.8, 4) is 0 Å². The van der Waals surface area contributed by atoms with Gasteiger partial charge in [-0.3, -0.25) is 4.79 Å². The summed E-state index contributed by atoms with van der Waals surface area (Å²) in [5.41, 5.74) is 0. The molecule has 1 aromatic rings. The van der Waals surface area contributed by atoms with Crippen molar-refractivity contribution in [1.82, 2.24) is 19.8 Å². The van der Waals surface area contributed by atoms with Gasteiger partial charge in [0.25, 0.3) is 0 Å². The third-order valence-corrected chi connectivity index (χ3v) is 5.20. The number of fused-ring (bicyclic) bond motifs is 1. The van der Waals surface area contributed by atoms with Crippen LogP contribution < -0.4 is 5.32 Å². The lowest BCUT2D eigenvalue weighted by Gasteiger charge is -2.21. The molecule has 138 valence electrons. The van der Waals surface area contributed by atoms with Gasteiger partial charge >= 0.3 is 0 Å². The number of halogens is 2. The number of imidazole rings is 1. The van der Waals surface area contributed by atoms with Crippen LogP contribution >= 0.6 is 24.8 Å². The van der Waals surface area contributed by atoms with Crippen molar-refractivity contribution < 1.29 is 4.79 Å². The quantitative estimate of drug-likeness (QED) is 0.878. The largest absolute Gasteiger partial charge is 0.343 e. The first-order chi connectivity index (χ1) is 10.6. The smallest absolute Gasteiger partial charge is 0.224 e. The predicted molar refractivity (Wildman–Crippen MR) is 101 cm³/mol. The van der Waals surface area contributed by atoms with Crippen molar-refractivity contribution in [3.63, 3.8) is 0 Å². The topological polar surface area (TPSA) is 50.2 Å². The maximum atomic E-state index is 12.5. The van der Waals surface area contributed by atoms with Crippen LogP contribution in [-0.4, -0.2) is 46.5 Å². The number of carbonyl (C=O) groups is 1. The Labute approximate surface area is 157 Å². The van der Waals surface area contributed by atoms with E-state index in [9.17, 15) is 4.79 Å². The molecule has 3 rings (SSSR count). The zero-order valence-corrected chi connectivity index (χ0v) is 16.2. The van der Waals surface area contributed by atoms with Crippen molar-refractivity contribution in [2.24, 2.45) is 11.8 Å². The molecule has 7 heteroatoms.